The van der Waals surface area contributed by atoms with Crippen molar-refractivity contribution in [3.05, 3.63) is 69.4 Å². The number of H-pyrrole nitrogens is 1. The van der Waals surface area contributed by atoms with Gasteiger partial charge in [0.25, 0.3) is 0 Å². The third-order valence-corrected chi connectivity index (χ3v) is 5.40. The molecule has 0 saturated heterocycles. The highest BCUT2D eigenvalue weighted by molar-refractivity contribution is 5.61. The summed E-state index contributed by atoms with van der Waals surface area (Å²) in [4.78, 5) is 28.7. The zero-order valence-corrected chi connectivity index (χ0v) is 19.3. The van der Waals surface area contributed by atoms with Gasteiger partial charge in [-0.05, 0) is 33.0 Å². The molecule has 2 N–H and O–H groups in total. The van der Waals surface area contributed by atoms with Crippen molar-refractivity contribution in [2.24, 2.45) is 0 Å². The number of anilines is 1. The Morgan fingerprint density at radius 3 is 2.62 bits per heavy atom. The van der Waals surface area contributed by atoms with Crippen molar-refractivity contribution in [1.29, 1.82) is 0 Å². The number of ether oxygens (including phenoxy) is 1. The number of hydrogen-bond acceptors (Lipinski definition) is 7. The largest absolute Gasteiger partial charge is 0.496 e. The summed E-state index contributed by atoms with van der Waals surface area (Å²) in [6.45, 7) is 5.74. The van der Waals surface area contributed by atoms with Crippen molar-refractivity contribution in [3.63, 3.8) is 0 Å². The molecule has 0 unspecified atom stereocenters. The lowest BCUT2D eigenvalue weighted by atomic mass is 10.1. The van der Waals surface area contributed by atoms with Gasteiger partial charge in [0.05, 0.1) is 30.8 Å². The minimum absolute atomic E-state index is 0.0635. The number of methoxy groups -OCH3 is 1. The Hall–Kier alpha value is -3.23. The molecule has 0 aliphatic carbocycles. The molecule has 0 saturated carbocycles. The van der Waals surface area contributed by atoms with Gasteiger partial charge >= 0.3 is 0 Å². The van der Waals surface area contributed by atoms with E-state index in [0.717, 1.165) is 34.0 Å². The van der Waals surface area contributed by atoms with Gasteiger partial charge in [-0.2, -0.15) is 0 Å². The van der Waals surface area contributed by atoms with Crippen LogP contribution in [0, 0.1) is 13.8 Å². The average Bonchev–Trinajstić information content (AvgIpc) is 2.76. The van der Waals surface area contributed by atoms with E-state index in [1.54, 1.807) is 25.4 Å². The number of aliphatic hydroxyl groups is 1. The van der Waals surface area contributed by atoms with E-state index in [0.29, 0.717) is 31.0 Å². The number of nitrogens with one attached hydrogen (secondary N) is 1. The van der Waals surface area contributed by atoms with Crippen LogP contribution in [0.4, 0.5) is 5.69 Å². The zero-order valence-electron chi connectivity index (χ0n) is 19.3. The summed E-state index contributed by atoms with van der Waals surface area (Å²) in [6, 6.07) is 6.94. The minimum Gasteiger partial charge on any atom is -0.496 e. The number of pyridine rings is 3. The quantitative estimate of drug-likeness (QED) is 0.531. The predicted molar refractivity (Wildman–Crippen MR) is 126 cm³/mol. The summed E-state index contributed by atoms with van der Waals surface area (Å²) >= 11 is 0. The number of aromatic amines is 1. The maximum atomic E-state index is 12.4. The number of aromatic nitrogens is 3. The van der Waals surface area contributed by atoms with Crippen molar-refractivity contribution in [3.8, 4) is 17.1 Å². The molecular weight excluding hydrogens is 406 g/mol. The number of nitrogens with zero attached hydrogens (tertiary/aromatic N) is 4. The topological polar surface area (TPSA) is 94.6 Å². The van der Waals surface area contributed by atoms with Crippen LogP contribution in [0.25, 0.3) is 11.4 Å². The highest BCUT2D eigenvalue weighted by atomic mass is 16.5. The first-order valence-electron chi connectivity index (χ1n) is 10.5. The van der Waals surface area contributed by atoms with Crippen LogP contribution < -0.4 is 15.1 Å². The molecule has 0 atom stereocenters. The fourth-order valence-corrected chi connectivity index (χ4v) is 3.74. The lowest BCUT2D eigenvalue weighted by Crippen LogP contribution is -2.21. The van der Waals surface area contributed by atoms with E-state index >= 15 is 0 Å². The van der Waals surface area contributed by atoms with Crippen LogP contribution >= 0.6 is 0 Å². The molecule has 0 bridgehead atoms. The van der Waals surface area contributed by atoms with Crippen LogP contribution in [-0.4, -0.2) is 59.3 Å². The van der Waals surface area contributed by atoms with E-state index < -0.39 is 0 Å². The Bertz CT molecular complexity index is 1130. The summed E-state index contributed by atoms with van der Waals surface area (Å²) in [5.74, 6) is 0.857. The molecule has 0 amide bonds. The van der Waals surface area contributed by atoms with Gasteiger partial charge in [0.15, 0.2) is 5.43 Å². The second kappa shape index (κ2) is 10.4. The normalized spacial score (nSPS) is 11.1. The summed E-state index contributed by atoms with van der Waals surface area (Å²) in [6.07, 6.45) is 3.53. The van der Waals surface area contributed by atoms with Gasteiger partial charge in [0.2, 0.25) is 0 Å². The molecule has 32 heavy (non-hydrogen) atoms. The smallest absolute Gasteiger partial charge is 0.182 e. The number of aryl methyl sites for hydroxylation is 1. The van der Waals surface area contributed by atoms with Crippen LogP contribution in [0.1, 0.15) is 22.5 Å². The second-order valence-electron chi connectivity index (χ2n) is 8.02. The number of aliphatic hydroxyl groups excluding tert-OH is 1. The fraction of sp³-hybridized carbons (Fsp3) is 0.375. The second-order valence-corrected chi connectivity index (χ2v) is 8.02. The summed E-state index contributed by atoms with van der Waals surface area (Å²) < 4.78 is 5.51. The standard InChI is InChI=1S/C24H31N5O3/c1-16-13-26-23(17(2)24(16)32-5)15-28(3)14-18-10-20(31)12-22(27-18)21-11-19(6-7-25-21)29(4)8-9-30/h6-7,10-13,30H,8-9,14-15H2,1-5H3,(H,27,31). The first-order valence-corrected chi connectivity index (χ1v) is 10.5. The molecule has 3 heterocycles. The Morgan fingerprint density at radius 1 is 1.12 bits per heavy atom. The van der Waals surface area contributed by atoms with Crippen molar-refractivity contribution in [2.45, 2.75) is 26.9 Å². The highest BCUT2D eigenvalue weighted by Gasteiger charge is 2.13. The minimum atomic E-state index is -0.0793. The Morgan fingerprint density at radius 2 is 1.91 bits per heavy atom. The van der Waals surface area contributed by atoms with Gasteiger partial charge in [-0.15, -0.1) is 0 Å². The van der Waals surface area contributed by atoms with Crippen LogP contribution in [0.5, 0.6) is 5.75 Å². The first kappa shape index (κ1) is 23.4. The van der Waals surface area contributed by atoms with E-state index in [-0.39, 0.29) is 12.0 Å². The lowest BCUT2D eigenvalue weighted by molar-refractivity contribution is 0.304. The van der Waals surface area contributed by atoms with E-state index in [9.17, 15) is 9.90 Å². The number of rotatable bonds is 9. The summed E-state index contributed by atoms with van der Waals surface area (Å²) in [7, 11) is 5.56. The van der Waals surface area contributed by atoms with E-state index in [1.165, 1.54) is 0 Å². The Labute approximate surface area is 188 Å². The third kappa shape index (κ3) is 5.52. The van der Waals surface area contributed by atoms with Crippen molar-refractivity contribution < 1.29 is 9.84 Å². The van der Waals surface area contributed by atoms with Crippen molar-refractivity contribution in [1.82, 2.24) is 19.9 Å². The van der Waals surface area contributed by atoms with Crippen LogP contribution in [-0.2, 0) is 13.1 Å². The molecule has 8 heteroatoms. The van der Waals surface area contributed by atoms with E-state index in [2.05, 4.69) is 19.9 Å². The van der Waals surface area contributed by atoms with E-state index in [1.807, 2.05) is 51.2 Å². The van der Waals surface area contributed by atoms with Gasteiger partial charge in [0, 0.05) is 73.7 Å². The zero-order chi connectivity index (χ0) is 23.3. The predicted octanol–water partition coefficient (Wildman–Crippen LogP) is 2.52. The van der Waals surface area contributed by atoms with Crippen molar-refractivity contribution in [2.75, 3.05) is 39.3 Å². The molecule has 0 aliphatic heterocycles. The number of hydrogen-bond donors (Lipinski definition) is 2. The van der Waals surface area contributed by atoms with Crippen LogP contribution in [0.3, 0.4) is 0 Å². The molecule has 8 nitrogen and oxygen atoms in total. The number of likely N-dealkylation sites (N-methyl/N-ethyl adjacent to an activating group) is 1. The molecule has 0 aromatic carbocycles. The third-order valence-electron chi connectivity index (χ3n) is 5.40. The monoisotopic (exact) mass is 437 g/mol. The molecule has 0 spiro atoms. The lowest BCUT2D eigenvalue weighted by Gasteiger charge is -2.20. The van der Waals surface area contributed by atoms with Crippen LogP contribution in [0.2, 0.25) is 0 Å². The van der Waals surface area contributed by atoms with Crippen LogP contribution in [0.15, 0.2) is 41.5 Å². The SMILES string of the molecule is COc1c(C)cnc(CN(C)Cc2cc(=O)cc(-c3cc(N(C)CCO)ccn3)[nH]2)c1C. The molecule has 3 aromatic heterocycles. The molecule has 3 rings (SSSR count). The molecule has 170 valence electrons. The maximum Gasteiger partial charge on any atom is 0.182 e. The molecule has 0 radical (unpaired) electrons. The Balaban J connectivity index is 1.81. The van der Waals surface area contributed by atoms with Gasteiger partial charge in [-0.3, -0.25) is 19.7 Å². The molecule has 0 aliphatic rings. The molecule has 0 fully saturated rings. The highest BCUT2D eigenvalue weighted by Crippen LogP contribution is 2.25. The molecular formula is C24H31N5O3. The first-order chi connectivity index (χ1) is 15.3. The average molecular weight is 438 g/mol. The van der Waals surface area contributed by atoms with Gasteiger partial charge < -0.3 is 19.7 Å². The van der Waals surface area contributed by atoms with Gasteiger partial charge in [-0.25, -0.2) is 0 Å². The summed E-state index contributed by atoms with van der Waals surface area (Å²) in [5.41, 5.74) is 5.94. The Kier molecular flexibility index (Phi) is 7.61. The van der Waals surface area contributed by atoms with E-state index in [4.69, 9.17) is 4.74 Å². The van der Waals surface area contributed by atoms with Crippen molar-refractivity contribution >= 4 is 5.69 Å². The summed E-state index contributed by atoms with van der Waals surface area (Å²) in [5, 5.41) is 9.19. The van der Waals surface area contributed by atoms with Gasteiger partial charge in [0.1, 0.15) is 5.75 Å². The van der Waals surface area contributed by atoms with Gasteiger partial charge in [-0.1, -0.05) is 0 Å². The molecule has 3 aromatic rings. The fourth-order valence-electron chi connectivity index (χ4n) is 3.74. The maximum absolute atomic E-state index is 12.4.